The van der Waals surface area contributed by atoms with E-state index in [9.17, 15) is 4.79 Å². The standard InChI is InChI=1S/C12H15NO3.ClH/c1-15-12(14)10-5-3-2-4-9(10)11-8-16-7-6-13-11;/h2-5,11,13H,6-8H2,1H3;1H. The summed E-state index contributed by atoms with van der Waals surface area (Å²) in [5.74, 6) is -0.303. The zero-order chi connectivity index (χ0) is 11.4. The highest BCUT2D eigenvalue weighted by Gasteiger charge is 2.21. The van der Waals surface area contributed by atoms with E-state index in [2.05, 4.69) is 5.32 Å². The first-order valence-corrected chi connectivity index (χ1v) is 5.31. The largest absolute Gasteiger partial charge is 0.465 e. The molecule has 1 aromatic rings. The highest BCUT2D eigenvalue weighted by atomic mass is 35.5. The predicted molar refractivity (Wildman–Crippen MR) is 66.6 cm³/mol. The van der Waals surface area contributed by atoms with Gasteiger partial charge >= 0.3 is 5.97 Å². The Labute approximate surface area is 107 Å². The number of ether oxygens (including phenoxy) is 2. The van der Waals surface area contributed by atoms with Crippen LogP contribution in [0.4, 0.5) is 0 Å². The van der Waals surface area contributed by atoms with Crippen molar-refractivity contribution < 1.29 is 14.3 Å². The summed E-state index contributed by atoms with van der Waals surface area (Å²) < 4.78 is 10.2. The van der Waals surface area contributed by atoms with Crippen LogP contribution >= 0.6 is 12.4 Å². The maximum absolute atomic E-state index is 11.6. The maximum Gasteiger partial charge on any atom is 0.338 e. The lowest BCUT2D eigenvalue weighted by atomic mass is 10.0. The number of morpholine rings is 1. The van der Waals surface area contributed by atoms with Gasteiger partial charge in [0.15, 0.2) is 0 Å². The molecular formula is C12H16ClNO3. The lowest BCUT2D eigenvalue weighted by molar-refractivity contribution is 0.0587. The Hall–Kier alpha value is -1.10. The molecule has 1 fully saturated rings. The van der Waals surface area contributed by atoms with Gasteiger partial charge in [0.1, 0.15) is 0 Å². The van der Waals surface area contributed by atoms with Crippen molar-refractivity contribution in [1.82, 2.24) is 5.32 Å². The molecule has 1 heterocycles. The average Bonchev–Trinajstić information content (AvgIpc) is 2.39. The monoisotopic (exact) mass is 257 g/mol. The third-order valence-corrected chi connectivity index (χ3v) is 2.66. The summed E-state index contributed by atoms with van der Waals surface area (Å²) in [6, 6.07) is 7.53. The van der Waals surface area contributed by atoms with Gasteiger partial charge in [-0.05, 0) is 11.6 Å². The molecule has 1 aliphatic heterocycles. The van der Waals surface area contributed by atoms with Gasteiger partial charge in [0, 0.05) is 6.54 Å². The highest BCUT2D eigenvalue weighted by molar-refractivity contribution is 5.91. The minimum Gasteiger partial charge on any atom is -0.465 e. The molecule has 1 saturated heterocycles. The van der Waals surface area contributed by atoms with Gasteiger partial charge in [-0.2, -0.15) is 0 Å². The van der Waals surface area contributed by atoms with Gasteiger partial charge in [-0.15, -0.1) is 12.4 Å². The molecule has 1 aromatic carbocycles. The Morgan fingerprint density at radius 1 is 1.47 bits per heavy atom. The first kappa shape index (κ1) is 14.0. The van der Waals surface area contributed by atoms with E-state index < -0.39 is 0 Å². The number of carbonyl (C=O) groups is 1. The number of nitrogens with one attached hydrogen (secondary N) is 1. The summed E-state index contributed by atoms with van der Waals surface area (Å²) in [6.07, 6.45) is 0. The third kappa shape index (κ3) is 3.19. The Balaban J connectivity index is 0.00000144. The molecule has 0 aliphatic carbocycles. The summed E-state index contributed by atoms with van der Waals surface area (Å²) in [7, 11) is 1.39. The fourth-order valence-electron chi connectivity index (χ4n) is 1.86. The Kier molecular flexibility index (Phi) is 5.41. The van der Waals surface area contributed by atoms with Gasteiger partial charge in [0.25, 0.3) is 0 Å². The molecule has 4 nitrogen and oxygen atoms in total. The van der Waals surface area contributed by atoms with Crippen molar-refractivity contribution in [3.05, 3.63) is 35.4 Å². The summed E-state index contributed by atoms with van der Waals surface area (Å²) in [5.41, 5.74) is 1.54. The number of hydrogen-bond donors (Lipinski definition) is 1. The minimum atomic E-state index is -0.303. The number of rotatable bonds is 2. The maximum atomic E-state index is 11.6. The van der Waals surface area contributed by atoms with Crippen molar-refractivity contribution in [2.75, 3.05) is 26.9 Å². The second-order valence-electron chi connectivity index (χ2n) is 3.66. The quantitative estimate of drug-likeness (QED) is 0.817. The van der Waals surface area contributed by atoms with Crippen molar-refractivity contribution in [1.29, 1.82) is 0 Å². The molecule has 1 unspecified atom stereocenters. The van der Waals surface area contributed by atoms with Crippen LogP contribution in [-0.2, 0) is 9.47 Å². The molecule has 1 atom stereocenters. The first-order valence-electron chi connectivity index (χ1n) is 5.31. The van der Waals surface area contributed by atoms with Gasteiger partial charge < -0.3 is 14.8 Å². The van der Waals surface area contributed by atoms with Crippen LogP contribution in [0.15, 0.2) is 24.3 Å². The number of carbonyl (C=O) groups excluding carboxylic acids is 1. The average molecular weight is 258 g/mol. The van der Waals surface area contributed by atoms with E-state index in [4.69, 9.17) is 9.47 Å². The Bertz CT molecular complexity index is 378. The first-order chi connectivity index (χ1) is 7.83. The topological polar surface area (TPSA) is 47.6 Å². The van der Waals surface area contributed by atoms with Gasteiger partial charge in [-0.25, -0.2) is 4.79 Å². The molecule has 1 aliphatic rings. The van der Waals surface area contributed by atoms with Crippen LogP contribution in [0.2, 0.25) is 0 Å². The summed E-state index contributed by atoms with van der Waals surface area (Å²) >= 11 is 0. The molecule has 5 heteroatoms. The molecule has 0 saturated carbocycles. The number of hydrogen-bond acceptors (Lipinski definition) is 4. The van der Waals surface area contributed by atoms with Gasteiger partial charge in [-0.3, -0.25) is 0 Å². The van der Waals surface area contributed by atoms with Crippen LogP contribution in [0.1, 0.15) is 22.0 Å². The van der Waals surface area contributed by atoms with Crippen LogP contribution < -0.4 is 5.32 Å². The second kappa shape index (κ2) is 6.59. The van der Waals surface area contributed by atoms with E-state index in [0.29, 0.717) is 12.2 Å². The van der Waals surface area contributed by atoms with E-state index in [1.54, 1.807) is 6.07 Å². The lowest BCUT2D eigenvalue weighted by Gasteiger charge is -2.25. The molecule has 2 rings (SSSR count). The molecule has 17 heavy (non-hydrogen) atoms. The van der Waals surface area contributed by atoms with E-state index in [0.717, 1.165) is 18.7 Å². The molecule has 0 bridgehead atoms. The molecule has 94 valence electrons. The number of esters is 1. The normalized spacial score (nSPS) is 19.2. The zero-order valence-corrected chi connectivity index (χ0v) is 10.5. The summed E-state index contributed by atoms with van der Waals surface area (Å²) in [4.78, 5) is 11.6. The molecule has 0 aromatic heterocycles. The number of methoxy groups -OCH3 is 1. The minimum absolute atomic E-state index is 0. The zero-order valence-electron chi connectivity index (χ0n) is 9.64. The van der Waals surface area contributed by atoms with E-state index in [-0.39, 0.29) is 24.4 Å². The Morgan fingerprint density at radius 2 is 2.24 bits per heavy atom. The van der Waals surface area contributed by atoms with Crippen LogP contribution in [0.3, 0.4) is 0 Å². The lowest BCUT2D eigenvalue weighted by Crippen LogP contribution is -2.35. The van der Waals surface area contributed by atoms with Gasteiger partial charge in [0.2, 0.25) is 0 Å². The molecule has 1 N–H and O–H groups in total. The summed E-state index contributed by atoms with van der Waals surface area (Å²) in [5, 5.41) is 3.32. The van der Waals surface area contributed by atoms with Crippen LogP contribution in [0.5, 0.6) is 0 Å². The van der Waals surface area contributed by atoms with Crippen molar-refractivity contribution >= 4 is 18.4 Å². The number of halogens is 1. The smallest absolute Gasteiger partial charge is 0.338 e. The highest BCUT2D eigenvalue weighted by Crippen LogP contribution is 2.20. The Morgan fingerprint density at radius 3 is 2.88 bits per heavy atom. The van der Waals surface area contributed by atoms with Crippen molar-refractivity contribution in [3.63, 3.8) is 0 Å². The van der Waals surface area contributed by atoms with Gasteiger partial charge in [0.05, 0.1) is 31.9 Å². The van der Waals surface area contributed by atoms with Crippen LogP contribution in [0.25, 0.3) is 0 Å². The fraction of sp³-hybridized carbons (Fsp3) is 0.417. The van der Waals surface area contributed by atoms with Crippen molar-refractivity contribution in [2.24, 2.45) is 0 Å². The fourth-order valence-corrected chi connectivity index (χ4v) is 1.86. The third-order valence-electron chi connectivity index (χ3n) is 2.66. The molecule has 0 spiro atoms. The number of benzene rings is 1. The molecular weight excluding hydrogens is 242 g/mol. The van der Waals surface area contributed by atoms with E-state index in [1.807, 2.05) is 18.2 Å². The summed E-state index contributed by atoms with van der Waals surface area (Å²) in [6.45, 7) is 2.12. The SMILES string of the molecule is COC(=O)c1ccccc1C1COCCN1.Cl. The molecule has 0 radical (unpaired) electrons. The van der Waals surface area contributed by atoms with Crippen molar-refractivity contribution in [2.45, 2.75) is 6.04 Å². The molecule has 0 amide bonds. The van der Waals surface area contributed by atoms with E-state index in [1.165, 1.54) is 7.11 Å². The van der Waals surface area contributed by atoms with Crippen LogP contribution in [0, 0.1) is 0 Å². The van der Waals surface area contributed by atoms with Crippen molar-refractivity contribution in [3.8, 4) is 0 Å². The predicted octanol–water partition coefficient (Wildman–Crippen LogP) is 1.56. The van der Waals surface area contributed by atoms with Crippen LogP contribution in [-0.4, -0.2) is 32.8 Å². The van der Waals surface area contributed by atoms with E-state index >= 15 is 0 Å². The van der Waals surface area contributed by atoms with Gasteiger partial charge in [-0.1, -0.05) is 18.2 Å². The second-order valence-corrected chi connectivity index (χ2v) is 3.66.